The molecule has 2 heterocycles. The first-order valence-electron chi connectivity index (χ1n) is 9.81. The van der Waals surface area contributed by atoms with Crippen LogP contribution in [0.4, 0.5) is 10.5 Å². The molecule has 1 saturated heterocycles. The molecule has 28 heavy (non-hydrogen) atoms. The molecule has 1 fully saturated rings. The lowest BCUT2D eigenvalue weighted by Gasteiger charge is -2.33. The number of carbonyl (C=O) groups is 1. The van der Waals surface area contributed by atoms with E-state index >= 15 is 0 Å². The number of hydrogen-bond acceptors (Lipinski definition) is 4. The summed E-state index contributed by atoms with van der Waals surface area (Å²) in [5, 5.41) is 14.4. The minimum Gasteiger partial charge on any atom is -0.337 e. The number of nitrogens with zero attached hydrogens (tertiary/aromatic N) is 4. The van der Waals surface area contributed by atoms with Crippen molar-refractivity contribution in [2.75, 3.05) is 31.5 Å². The number of likely N-dealkylation sites (tertiary alicyclic amines) is 1. The number of nitrogens with one attached hydrogen (secondary N) is 2. The molecule has 2 N–H and O–H groups in total. The summed E-state index contributed by atoms with van der Waals surface area (Å²) < 4.78 is 0. The molecule has 1 aliphatic rings. The second kappa shape index (κ2) is 8.39. The van der Waals surface area contributed by atoms with Crippen LogP contribution >= 0.6 is 0 Å². The number of fused-ring (bicyclic) bond motifs is 1. The number of amides is 2. The fourth-order valence-electron chi connectivity index (χ4n) is 3.89. The Bertz CT molecular complexity index is 938. The van der Waals surface area contributed by atoms with Gasteiger partial charge in [0.1, 0.15) is 11.0 Å². The second-order valence-corrected chi connectivity index (χ2v) is 7.29. The van der Waals surface area contributed by atoms with Crippen LogP contribution in [0.5, 0.6) is 0 Å². The van der Waals surface area contributed by atoms with Gasteiger partial charge in [0.25, 0.3) is 0 Å². The molecule has 2 amide bonds. The highest BCUT2D eigenvalue weighted by Gasteiger charge is 2.21. The average Bonchev–Trinajstić information content (AvgIpc) is 3.10. The number of aromatic nitrogens is 3. The minimum absolute atomic E-state index is 0.213. The van der Waals surface area contributed by atoms with E-state index < -0.39 is 0 Å². The number of piperidine rings is 1. The Balaban J connectivity index is 1.27. The Hall–Kier alpha value is -2.93. The van der Waals surface area contributed by atoms with Crippen LogP contribution in [0.2, 0.25) is 0 Å². The van der Waals surface area contributed by atoms with E-state index in [0.717, 1.165) is 25.2 Å². The summed E-state index contributed by atoms with van der Waals surface area (Å²) in [6.07, 6.45) is 2.43. The lowest BCUT2D eigenvalue weighted by atomic mass is 9.91. The molecule has 1 aromatic heterocycles. The predicted octanol–water partition coefficient (Wildman–Crippen LogP) is 2.97. The maximum atomic E-state index is 12.3. The van der Waals surface area contributed by atoms with Crippen molar-refractivity contribution in [3.05, 3.63) is 54.1 Å². The van der Waals surface area contributed by atoms with Gasteiger partial charge in [0.2, 0.25) is 0 Å². The Morgan fingerprint density at radius 2 is 2.00 bits per heavy atom. The summed E-state index contributed by atoms with van der Waals surface area (Å²) in [4.78, 5) is 16.2. The Kier molecular flexibility index (Phi) is 5.53. The van der Waals surface area contributed by atoms with Crippen molar-refractivity contribution in [3.63, 3.8) is 0 Å². The SMILES string of the molecule is Cn1nc2cccc(NC(=O)NCCN3CCC[C@H](c4ccccc4)C3)c2n1. The van der Waals surface area contributed by atoms with Crippen LogP contribution in [-0.4, -0.2) is 52.1 Å². The number of anilines is 1. The monoisotopic (exact) mass is 378 g/mol. The van der Waals surface area contributed by atoms with Gasteiger partial charge in [-0.05, 0) is 43.0 Å². The third kappa shape index (κ3) is 4.31. The molecule has 3 aromatic rings. The van der Waals surface area contributed by atoms with Crippen molar-refractivity contribution in [1.29, 1.82) is 0 Å². The zero-order valence-corrected chi connectivity index (χ0v) is 16.1. The molecular weight excluding hydrogens is 352 g/mol. The minimum atomic E-state index is -0.213. The number of hydrogen-bond donors (Lipinski definition) is 2. The van der Waals surface area contributed by atoms with E-state index in [0.29, 0.717) is 23.7 Å². The van der Waals surface area contributed by atoms with Gasteiger partial charge in [0.15, 0.2) is 0 Å². The van der Waals surface area contributed by atoms with Crippen molar-refractivity contribution < 1.29 is 4.79 Å². The predicted molar refractivity (Wildman–Crippen MR) is 110 cm³/mol. The van der Waals surface area contributed by atoms with Crippen molar-refractivity contribution in [2.45, 2.75) is 18.8 Å². The summed E-state index contributed by atoms with van der Waals surface area (Å²) in [6, 6.07) is 16.1. The van der Waals surface area contributed by atoms with Crippen LogP contribution in [0, 0.1) is 0 Å². The standard InChI is InChI=1S/C21H26N6O/c1-26-24-19-11-5-10-18(20(19)25-26)23-21(28)22-12-14-27-13-6-9-17(15-27)16-7-3-2-4-8-16/h2-5,7-8,10-11,17H,6,9,12-15H2,1H3,(H2,22,23,28)/t17-/m0/s1. The molecule has 7 nitrogen and oxygen atoms in total. The van der Waals surface area contributed by atoms with Crippen LogP contribution in [0.1, 0.15) is 24.3 Å². The molecule has 0 saturated carbocycles. The third-order valence-electron chi connectivity index (χ3n) is 5.25. The van der Waals surface area contributed by atoms with Gasteiger partial charge >= 0.3 is 6.03 Å². The largest absolute Gasteiger partial charge is 0.337 e. The van der Waals surface area contributed by atoms with Gasteiger partial charge in [-0.2, -0.15) is 15.0 Å². The highest BCUT2D eigenvalue weighted by Crippen LogP contribution is 2.26. The number of carbonyl (C=O) groups excluding carboxylic acids is 1. The number of rotatable bonds is 5. The number of benzene rings is 2. The van der Waals surface area contributed by atoms with Gasteiger partial charge in [-0.3, -0.25) is 0 Å². The first kappa shape index (κ1) is 18.4. The molecule has 0 spiro atoms. The second-order valence-electron chi connectivity index (χ2n) is 7.29. The van der Waals surface area contributed by atoms with Crippen LogP contribution in [0.3, 0.4) is 0 Å². The molecule has 4 rings (SSSR count). The van der Waals surface area contributed by atoms with Crippen molar-refractivity contribution in [2.24, 2.45) is 7.05 Å². The Labute approximate surface area is 164 Å². The fourth-order valence-corrected chi connectivity index (χ4v) is 3.89. The summed E-state index contributed by atoms with van der Waals surface area (Å²) in [6.45, 7) is 3.60. The zero-order valence-electron chi connectivity index (χ0n) is 16.1. The van der Waals surface area contributed by atoms with E-state index in [1.165, 1.54) is 23.2 Å². The van der Waals surface area contributed by atoms with Gasteiger partial charge in [0, 0.05) is 26.7 Å². The molecule has 7 heteroatoms. The fraction of sp³-hybridized carbons (Fsp3) is 0.381. The molecule has 0 radical (unpaired) electrons. The molecule has 0 unspecified atom stereocenters. The molecule has 0 bridgehead atoms. The lowest BCUT2D eigenvalue weighted by Crippen LogP contribution is -2.41. The molecule has 146 valence electrons. The van der Waals surface area contributed by atoms with Crippen molar-refractivity contribution in [3.8, 4) is 0 Å². The summed E-state index contributed by atoms with van der Waals surface area (Å²) >= 11 is 0. The smallest absolute Gasteiger partial charge is 0.319 e. The maximum Gasteiger partial charge on any atom is 0.319 e. The normalized spacial score (nSPS) is 17.5. The van der Waals surface area contributed by atoms with E-state index in [1.807, 2.05) is 18.2 Å². The van der Waals surface area contributed by atoms with Gasteiger partial charge in [-0.25, -0.2) is 4.79 Å². The van der Waals surface area contributed by atoms with E-state index in [2.05, 4.69) is 56.1 Å². The first-order chi connectivity index (χ1) is 13.7. The van der Waals surface area contributed by atoms with Crippen molar-refractivity contribution >= 4 is 22.8 Å². The van der Waals surface area contributed by atoms with E-state index in [-0.39, 0.29) is 6.03 Å². The summed E-state index contributed by atoms with van der Waals surface area (Å²) in [5.74, 6) is 0.582. The Morgan fingerprint density at radius 3 is 2.86 bits per heavy atom. The van der Waals surface area contributed by atoms with Crippen molar-refractivity contribution in [1.82, 2.24) is 25.2 Å². The molecular formula is C21H26N6O. The number of urea groups is 1. The molecule has 2 aromatic carbocycles. The van der Waals surface area contributed by atoms with Crippen LogP contribution in [-0.2, 0) is 7.05 Å². The highest BCUT2D eigenvalue weighted by molar-refractivity contribution is 5.98. The molecule has 0 aliphatic carbocycles. The maximum absolute atomic E-state index is 12.3. The van der Waals surface area contributed by atoms with Crippen LogP contribution < -0.4 is 10.6 Å². The van der Waals surface area contributed by atoms with E-state index in [9.17, 15) is 4.79 Å². The molecule has 1 aliphatic heterocycles. The quantitative estimate of drug-likeness (QED) is 0.716. The average molecular weight is 378 g/mol. The van der Waals surface area contributed by atoms with Gasteiger partial charge in [-0.1, -0.05) is 36.4 Å². The van der Waals surface area contributed by atoms with E-state index in [1.54, 1.807) is 7.05 Å². The third-order valence-corrected chi connectivity index (χ3v) is 5.25. The first-order valence-corrected chi connectivity index (χ1v) is 9.81. The highest BCUT2D eigenvalue weighted by atomic mass is 16.2. The van der Waals surface area contributed by atoms with Gasteiger partial charge in [0.05, 0.1) is 5.69 Å². The van der Waals surface area contributed by atoms with Crippen LogP contribution in [0.15, 0.2) is 48.5 Å². The molecule has 1 atom stereocenters. The van der Waals surface area contributed by atoms with Gasteiger partial charge < -0.3 is 15.5 Å². The van der Waals surface area contributed by atoms with Gasteiger partial charge in [-0.15, -0.1) is 0 Å². The number of aryl methyl sites for hydroxylation is 1. The summed E-state index contributed by atoms with van der Waals surface area (Å²) in [5.41, 5.74) is 3.54. The zero-order chi connectivity index (χ0) is 19.3. The Morgan fingerprint density at radius 1 is 1.14 bits per heavy atom. The lowest BCUT2D eigenvalue weighted by molar-refractivity contribution is 0.207. The van der Waals surface area contributed by atoms with Crippen LogP contribution in [0.25, 0.3) is 11.0 Å². The van der Waals surface area contributed by atoms with E-state index in [4.69, 9.17) is 0 Å². The summed E-state index contributed by atoms with van der Waals surface area (Å²) in [7, 11) is 1.77. The topological polar surface area (TPSA) is 75.1 Å².